The molecule has 0 saturated heterocycles. The van der Waals surface area contributed by atoms with Crippen molar-refractivity contribution in [2.45, 2.75) is 18.0 Å². The molecule has 0 saturated carbocycles. The minimum Gasteiger partial charge on any atom is -0.294 e. The fourth-order valence-corrected chi connectivity index (χ4v) is 1.70. The van der Waals surface area contributed by atoms with Crippen LogP contribution < -0.4 is 0 Å². The molecule has 6 heteroatoms. The van der Waals surface area contributed by atoms with E-state index in [4.69, 9.17) is 0 Å². The highest BCUT2D eigenvalue weighted by atomic mass is 32.2. The Labute approximate surface area is 93.8 Å². The summed E-state index contributed by atoms with van der Waals surface area (Å²) >= 11 is 0.830. The van der Waals surface area contributed by atoms with Gasteiger partial charge in [0.05, 0.1) is 11.1 Å². The number of carbonyl (C=O) groups excluding carboxylic acids is 1. The Bertz CT molecular complexity index is 426. The van der Waals surface area contributed by atoms with Crippen LogP contribution in [0, 0.1) is 5.82 Å². The Hall–Kier alpha value is -1.04. The summed E-state index contributed by atoms with van der Waals surface area (Å²) < 4.78 is 50.8. The van der Waals surface area contributed by atoms with Crippen molar-refractivity contribution in [2.24, 2.45) is 0 Å². The Balaban J connectivity index is 3.46. The van der Waals surface area contributed by atoms with Gasteiger partial charge in [0.1, 0.15) is 5.82 Å². The zero-order valence-corrected chi connectivity index (χ0v) is 9.30. The number of hydrogen-bond acceptors (Lipinski definition) is 2. The van der Waals surface area contributed by atoms with Gasteiger partial charge in [0.25, 0.3) is 0 Å². The highest BCUT2D eigenvalue weighted by Crippen LogP contribution is 2.34. The molecule has 0 aliphatic heterocycles. The third-order valence-electron chi connectivity index (χ3n) is 1.97. The molecule has 1 aromatic rings. The molecule has 0 heterocycles. The number of ketones is 1. The standard InChI is InChI=1S/C10H8F4OS/c1-5(15)7-3-6(10(12,13)14)4-8(16-2)9(7)11/h3-4H,1-2H3. The molecule has 0 spiro atoms. The van der Waals surface area contributed by atoms with E-state index in [1.807, 2.05) is 0 Å². The zero-order chi connectivity index (χ0) is 12.5. The molecule has 0 N–H and O–H groups in total. The number of thioether (sulfide) groups is 1. The van der Waals surface area contributed by atoms with Crippen molar-refractivity contribution >= 4 is 17.5 Å². The molecule has 0 radical (unpaired) electrons. The van der Waals surface area contributed by atoms with Gasteiger partial charge in [-0.05, 0) is 25.3 Å². The fraction of sp³-hybridized carbons (Fsp3) is 0.300. The highest BCUT2D eigenvalue weighted by Gasteiger charge is 2.32. The van der Waals surface area contributed by atoms with E-state index in [2.05, 4.69) is 0 Å². The van der Waals surface area contributed by atoms with Gasteiger partial charge >= 0.3 is 6.18 Å². The molecule has 0 aliphatic carbocycles. The molecule has 1 rings (SSSR count). The molecule has 0 aliphatic rings. The molecule has 1 nitrogen and oxygen atoms in total. The first-order valence-corrected chi connectivity index (χ1v) is 5.45. The lowest BCUT2D eigenvalue weighted by molar-refractivity contribution is -0.137. The van der Waals surface area contributed by atoms with Crippen molar-refractivity contribution in [1.29, 1.82) is 0 Å². The monoisotopic (exact) mass is 252 g/mol. The molecule has 0 bridgehead atoms. The van der Waals surface area contributed by atoms with Crippen LogP contribution in [-0.4, -0.2) is 12.0 Å². The fourth-order valence-electron chi connectivity index (χ4n) is 1.17. The van der Waals surface area contributed by atoms with Crippen molar-refractivity contribution in [3.05, 3.63) is 29.1 Å². The van der Waals surface area contributed by atoms with Gasteiger partial charge in [0.2, 0.25) is 0 Å². The maximum Gasteiger partial charge on any atom is 0.416 e. The number of hydrogen-bond donors (Lipinski definition) is 0. The van der Waals surface area contributed by atoms with Gasteiger partial charge in [-0.25, -0.2) is 4.39 Å². The van der Waals surface area contributed by atoms with Gasteiger partial charge in [0.15, 0.2) is 5.78 Å². The second-order valence-electron chi connectivity index (χ2n) is 3.09. The topological polar surface area (TPSA) is 17.1 Å². The maximum absolute atomic E-state index is 13.5. The van der Waals surface area contributed by atoms with Crippen LogP contribution in [0.2, 0.25) is 0 Å². The minimum atomic E-state index is -4.58. The molecular weight excluding hydrogens is 244 g/mol. The van der Waals surface area contributed by atoms with Crippen LogP contribution in [0.25, 0.3) is 0 Å². The Kier molecular flexibility index (Phi) is 3.62. The third kappa shape index (κ3) is 2.55. The molecular formula is C10H8F4OS. The summed E-state index contributed by atoms with van der Waals surface area (Å²) in [5.41, 5.74) is -1.54. The smallest absolute Gasteiger partial charge is 0.294 e. The average Bonchev–Trinajstić information content (AvgIpc) is 2.15. The van der Waals surface area contributed by atoms with E-state index < -0.39 is 28.9 Å². The second kappa shape index (κ2) is 4.45. The van der Waals surface area contributed by atoms with E-state index in [9.17, 15) is 22.4 Å². The number of benzene rings is 1. The largest absolute Gasteiger partial charge is 0.416 e. The molecule has 0 atom stereocenters. The van der Waals surface area contributed by atoms with Crippen LogP contribution in [0.4, 0.5) is 17.6 Å². The highest BCUT2D eigenvalue weighted by molar-refractivity contribution is 7.98. The summed E-state index contributed by atoms with van der Waals surface area (Å²) in [6, 6.07) is 1.24. The number of alkyl halides is 3. The minimum absolute atomic E-state index is 0.181. The van der Waals surface area contributed by atoms with Gasteiger partial charge in [-0.3, -0.25) is 4.79 Å². The Morgan fingerprint density at radius 1 is 1.31 bits per heavy atom. The quantitative estimate of drug-likeness (QED) is 0.453. The van der Waals surface area contributed by atoms with Crippen molar-refractivity contribution in [1.82, 2.24) is 0 Å². The van der Waals surface area contributed by atoms with E-state index in [1.54, 1.807) is 0 Å². The van der Waals surface area contributed by atoms with Crippen LogP contribution in [0.3, 0.4) is 0 Å². The van der Waals surface area contributed by atoms with Crippen LogP contribution in [0.1, 0.15) is 22.8 Å². The van der Waals surface area contributed by atoms with Crippen molar-refractivity contribution in [2.75, 3.05) is 6.26 Å². The molecule has 88 valence electrons. The lowest BCUT2D eigenvalue weighted by Gasteiger charge is -2.11. The predicted octanol–water partition coefficient (Wildman–Crippen LogP) is 3.77. The molecule has 0 amide bonds. The van der Waals surface area contributed by atoms with E-state index in [-0.39, 0.29) is 4.90 Å². The van der Waals surface area contributed by atoms with E-state index in [1.165, 1.54) is 6.26 Å². The first kappa shape index (κ1) is 13.0. The number of halogens is 4. The van der Waals surface area contributed by atoms with Crippen molar-refractivity contribution < 1.29 is 22.4 Å². The van der Waals surface area contributed by atoms with E-state index in [0.717, 1.165) is 18.7 Å². The summed E-state index contributed by atoms with van der Waals surface area (Å²) in [6.45, 7) is 1.03. The number of carbonyl (C=O) groups is 1. The maximum atomic E-state index is 13.5. The number of rotatable bonds is 2. The van der Waals surface area contributed by atoms with E-state index >= 15 is 0 Å². The van der Waals surface area contributed by atoms with Gasteiger partial charge in [-0.15, -0.1) is 11.8 Å². The lowest BCUT2D eigenvalue weighted by atomic mass is 10.1. The lowest BCUT2D eigenvalue weighted by Crippen LogP contribution is -2.09. The van der Waals surface area contributed by atoms with Gasteiger partial charge in [-0.1, -0.05) is 0 Å². The number of Topliss-reactive ketones (excluding diaryl/α,β-unsaturated/α-hetero) is 1. The van der Waals surface area contributed by atoms with Crippen molar-refractivity contribution in [3.63, 3.8) is 0 Å². The van der Waals surface area contributed by atoms with Crippen molar-refractivity contribution in [3.8, 4) is 0 Å². The van der Waals surface area contributed by atoms with Gasteiger partial charge < -0.3 is 0 Å². The van der Waals surface area contributed by atoms with Crippen LogP contribution >= 0.6 is 11.8 Å². The zero-order valence-electron chi connectivity index (χ0n) is 8.48. The Morgan fingerprint density at radius 2 is 1.88 bits per heavy atom. The normalized spacial score (nSPS) is 11.6. The van der Waals surface area contributed by atoms with Crippen LogP contribution in [0.5, 0.6) is 0 Å². The molecule has 0 fully saturated rings. The SMILES string of the molecule is CSc1cc(C(F)(F)F)cc(C(C)=O)c1F. The molecule has 0 aromatic heterocycles. The third-order valence-corrected chi connectivity index (χ3v) is 2.70. The average molecular weight is 252 g/mol. The Morgan fingerprint density at radius 3 is 2.25 bits per heavy atom. The summed E-state index contributed by atoms with van der Waals surface area (Å²) in [5.74, 6) is -1.62. The van der Waals surface area contributed by atoms with Crippen LogP contribution in [0.15, 0.2) is 17.0 Å². The first-order valence-electron chi connectivity index (χ1n) is 4.23. The molecule has 16 heavy (non-hydrogen) atoms. The van der Waals surface area contributed by atoms with Crippen LogP contribution in [-0.2, 0) is 6.18 Å². The predicted molar refractivity (Wildman–Crippen MR) is 53.2 cm³/mol. The summed E-state index contributed by atoms with van der Waals surface area (Å²) in [7, 11) is 0. The summed E-state index contributed by atoms with van der Waals surface area (Å²) in [4.78, 5) is 10.8. The summed E-state index contributed by atoms with van der Waals surface area (Å²) in [5, 5.41) is 0. The second-order valence-corrected chi connectivity index (χ2v) is 3.94. The van der Waals surface area contributed by atoms with Gasteiger partial charge in [-0.2, -0.15) is 13.2 Å². The molecule has 1 aromatic carbocycles. The molecule has 0 unspecified atom stereocenters. The summed E-state index contributed by atoms with van der Waals surface area (Å²) in [6.07, 6.45) is -3.13. The van der Waals surface area contributed by atoms with E-state index in [0.29, 0.717) is 12.1 Å². The first-order chi connectivity index (χ1) is 7.27. The van der Waals surface area contributed by atoms with Gasteiger partial charge in [0, 0.05) is 4.90 Å².